The fourth-order valence-electron chi connectivity index (χ4n) is 1.71. The number of carbonyl (C=O) groups is 1. The molecular weight excluding hydrogens is 309 g/mol. The maximum absolute atomic E-state index is 13.0. The predicted octanol–water partition coefficient (Wildman–Crippen LogP) is 2.58. The topological polar surface area (TPSA) is 54.9 Å². The highest BCUT2D eigenvalue weighted by Crippen LogP contribution is 2.13. The van der Waals surface area contributed by atoms with E-state index in [9.17, 15) is 9.18 Å². The van der Waals surface area contributed by atoms with Gasteiger partial charge in [-0.1, -0.05) is 12.1 Å². The van der Waals surface area contributed by atoms with Crippen LogP contribution in [0.15, 0.2) is 24.3 Å². The molecule has 0 fully saturated rings. The fourth-order valence-corrected chi connectivity index (χ4v) is 3.21. The Bertz CT molecular complexity index is 603. The maximum atomic E-state index is 13.0. The quantitative estimate of drug-likeness (QED) is 0.850. The third-order valence-corrected chi connectivity index (χ3v) is 4.44. The van der Waals surface area contributed by atoms with Crippen molar-refractivity contribution in [3.8, 4) is 0 Å². The molecule has 2 aromatic rings. The van der Waals surface area contributed by atoms with Crippen LogP contribution < -0.4 is 5.32 Å². The number of amides is 1. The second-order valence-corrected chi connectivity index (χ2v) is 6.03. The smallest absolute Gasteiger partial charge is 0.230 e. The SMILES string of the molecule is Cc1nsnc1CSCC(=O)NCCc1cccc(F)c1. The molecule has 0 aliphatic rings. The molecule has 0 aliphatic heterocycles. The first kappa shape index (κ1) is 15.9. The molecule has 7 heteroatoms. The van der Waals surface area contributed by atoms with Crippen molar-refractivity contribution in [3.05, 3.63) is 47.0 Å². The number of aromatic nitrogens is 2. The van der Waals surface area contributed by atoms with Crippen molar-refractivity contribution in [2.75, 3.05) is 12.3 Å². The summed E-state index contributed by atoms with van der Waals surface area (Å²) in [5, 5.41) is 2.83. The highest BCUT2D eigenvalue weighted by molar-refractivity contribution is 7.99. The second-order valence-electron chi connectivity index (χ2n) is 4.52. The molecule has 1 heterocycles. The largest absolute Gasteiger partial charge is 0.355 e. The van der Waals surface area contributed by atoms with E-state index in [1.807, 2.05) is 13.0 Å². The van der Waals surface area contributed by atoms with Crippen LogP contribution in [0.25, 0.3) is 0 Å². The average Bonchev–Trinajstić information content (AvgIpc) is 2.85. The van der Waals surface area contributed by atoms with E-state index in [-0.39, 0.29) is 11.7 Å². The summed E-state index contributed by atoms with van der Waals surface area (Å²) in [7, 11) is 0. The Hall–Kier alpha value is -1.47. The molecule has 0 spiro atoms. The zero-order chi connectivity index (χ0) is 15.1. The van der Waals surface area contributed by atoms with E-state index in [4.69, 9.17) is 0 Å². The number of aryl methyl sites for hydroxylation is 1. The lowest BCUT2D eigenvalue weighted by molar-refractivity contribution is -0.118. The Morgan fingerprint density at radius 2 is 2.29 bits per heavy atom. The number of halogens is 1. The van der Waals surface area contributed by atoms with E-state index < -0.39 is 0 Å². The van der Waals surface area contributed by atoms with Crippen molar-refractivity contribution in [3.63, 3.8) is 0 Å². The molecule has 1 aromatic carbocycles. The molecule has 0 saturated heterocycles. The summed E-state index contributed by atoms with van der Waals surface area (Å²) in [6, 6.07) is 6.42. The lowest BCUT2D eigenvalue weighted by atomic mass is 10.1. The van der Waals surface area contributed by atoms with E-state index in [1.54, 1.807) is 6.07 Å². The molecule has 0 saturated carbocycles. The maximum Gasteiger partial charge on any atom is 0.230 e. The third kappa shape index (κ3) is 5.43. The molecule has 1 N–H and O–H groups in total. The lowest BCUT2D eigenvalue weighted by Gasteiger charge is -2.05. The standard InChI is InChI=1S/C14H16FN3OS2/c1-10-13(18-21-17-10)8-20-9-14(19)16-6-5-11-3-2-4-12(15)7-11/h2-4,7H,5-6,8-9H2,1H3,(H,16,19). The first-order valence-corrected chi connectivity index (χ1v) is 8.40. The van der Waals surface area contributed by atoms with Crippen molar-refractivity contribution in [1.82, 2.24) is 14.1 Å². The molecule has 0 atom stereocenters. The predicted molar refractivity (Wildman–Crippen MR) is 83.9 cm³/mol. The highest BCUT2D eigenvalue weighted by Gasteiger charge is 2.06. The van der Waals surface area contributed by atoms with Crippen LogP contribution in [0.1, 0.15) is 17.0 Å². The Labute approximate surface area is 131 Å². The number of hydrogen-bond acceptors (Lipinski definition) is 5. The van der Waals surface area contributed by atoms with Crippen LogP contribution in [0.3, 0.4) is 0 Å². The summed E-state index contributed by atoms with van der Waals surface area (Å²) < 4.78 is 21.2. The van der Waals surface area contributed by atoms with E-state index >= 15 is 0 Å². The molecule has 0 unspecified atom stereocenters. The van der Waals surface area contributed by atoms with Gasteiger partial charge in [0, 0.05) is 12.3 Å². The van der Waals surface area contributed by atoms with Gasteiger partial charge in [0.25, 0.3) is 0 Å². The molecule has 112 valence electrons. The van der Waals surface area contributed by atoms with Crippen LogP contribution >= 0.6 is 23.5 Å². The fraction of sp³-hybridized carbons (Fsp3) is 0.357. The monoisotopic (exact) mass is 325 g/mol. The first-order valence-electron chi connectivity index (χ1n) is 6.52. The third-order valence-electron chi connectivity index (χ3n) is 2.84. The van der Waals surface area contributed by atoms with Gasteiger partial charge in [-0.2, -0.15) is 8.75 Å². The van der Waals surface area contributed by atoms with Crippen molar-refractivity contribution < 1.29 is 9.18 Å². The van der Waals surface area contributed by atoms with Gasteiger partial charge >= 0.3 is 0 Å². The molecule has 4 nitrogen and oxygen atoms in total. The number of nitrogens with one attached hydrogen (secondary N) is 1. The van der Waals surface area contributed by atoms with Crippen molar-refractivity contribution >= 4 is 29.4 Å². The number of nitrogens with zero attached hydrogens (tertiary/aromatic N) is 2. The zero-order valence-corrected chi connectivity index (χ0v) is 13.3. The molecule has 1 amide bonds. The summed E-state index contributed by atoms with van der Waals surface area (Å²) in [5.74, 6) is 0.818. The average molecular weight is 325 g/mol. The second kappa shape index (κ2) is 8.09. The molecule has 1 aromatic heterocycles. The summed E-state index contributed by atoms with van der Waals surface area (Å²) in [6.45, 7) is 2.43. The van der Waals surface area contributed by atoms with Gasteiger partial charge in [-0.15, -0.1) is 11.8 Å². The number of benzene rings is 1. The van der Waals surface area contributed by atoms with Gasteiger partial charge in [0.1, 0.15) is 5.82 Å². The summed E-state index contributed by atoms with van der Waals surface area (Å²) in [6.07, 6.45) is 0.628. The highest BCUT2D eigenvalue weighted by atomic mass is 32.2. The summed E-state index contributed by atoms with van der Waals surface area (Å²) >= 11 is 2.71. The molecular formula is C14H16FN3OS2. The summed E-state index contributed by atoms with van der Waals surface area (Å²) in [5.41, 5.74) is 2.75. The molecule has 2 rings (SSSR count). The normalized spacial score (nSPS) is 10.6. The van der Waals surface area contributed by atoms with Crippen LogP contribution in [0, 0.1) is 12.7 Å². The Morgan fingerprint density at radius 1 is 1.43 bits per heavy atom. The van der Waals surface area contributed by atoms with Crippen LogP contribution in [0.4, 0.5) is 4.39 Å². The van der Waals surface area contributed by atoms with Gasteiger partial charge in [-0.25, -0.2) is 4.39 Å². The minimum absolute atomic E-state index is 0.0164. The molecule has 0 bridgehead atoms. The minimum atomic E-state index is -0.248. The molecule has 0 radical (unpaired) electrons. The van der Waals surface area contributed by atoms with Crippen molar-refractivity contribution in [2.24, 2.45) is 0 Å². The van der Waals surface area contributed by atoms with E-state index in [0.717, 1.165) is 17.0 Å². The van der Waals surface area contributed by atoms with Gasteiger partial charge in [0.2, 0.25) is 5.91 Å². The molecule has 21 heavy (non-hydrogen) atoms. The van der Waals surface area contributed by atoms with Crippen LogP contribution in [0.5, 0.6) is 0 Å². The zero-order valence-electron chi connectivity index (χ0n) is 11.6. The first-order chi connectivity index (χ1) is 10.1. The minimum Gasteiger partial charge on any atom is -0.355 e. The number of carbonyl (C=O) groups excluding carboxylic acids is 1. The van der Waals surface area contributed by atoms with Gasteiger partial charge in [0.15, 0.2) is 0 Å². The number of hydrogen-bond donors (Lipinski definition) is 1. The van der Waals surface area contributed by atoms with Gasteiger partial charge in [0.05, 0.1) is 28.9 Å². The number of thioether (sulfide) groups is 1. The Morgan fingerprint density at radius 3 is 3.00 bits per heavy atom. The lowest BCUT2D eigenvalue weighted by Crippen LogP contribution is -2.27. The van der Waals surface area contributed by atoms with E-state index in [0.29, 0.717) is 24.5 Å². The number of rotatable bonds is 7. The van der Waals surface area contributed by atoms with E-state index in [1.165, 1.54) is 35.6 Å². The van der Waals surface area contributed by atoms with Gasteiger partial charge in [-0.05, 0) is 31.0 Å². The van der Waals surface area contributed by atoms with Crippen molar-refractivity contribution in [2.45, 2.75) is 19.1 Å². The van der Waals surface area contributed by atoms with Crippen LogP contribution in [-0.4, -0.2) is 27.0 Å². The Balaban J connectivity index is 1.63. The van der Waals surface area contributed by atoms with Crippen LogP contribution in [0.2, 0.25) is 0 Å². The van der Waals surface area contributed by atoms with Crippen LogP contribution in [-0.2, 0) is 17.0 Å². The van der Waals surface area contributed by atoms with Gasteiger partial charge < -0.3 is 5.32 Å². The van der Waals surface area contributed by atoms with Crippen molar-refractivity contribution in [1.29, 1.82) is 0 Å². The molecule has 0 aliphatic carbocycles. The summed E-state index contributed by atoms with van der Waals surface area (Å²) in [4.78, 5) is 11.7. The van der Waals surface area contributed by atoms with Gasteiger partial charge in [-0.3, -0.25) is 4.79 Å². The Kier molecular flexibility index (Phi) is 6.13. The van der Waals surface area contributed by atoms with E-state index in [2.05, 4.69) is 14.1 Å².